The number of carbonyl (C=O) groups is 3. The number of ether oxygens (including phenoxy) is 1. The number of halogens is 6. The summed E-state index contributed by atoms with van der Waals surface area (Å²) in [6, 6.07) is 5.00. The average molecular weight is 903 g/mol. The third-order valence-corrected chi connectivity index (χ3v) is 12.3. The van der Waals surface area contributed by atoms with Gasteiger partial charge in [0.1, 0.15) is 24.0 Å². The van der Waals surface area contributed by atoms with Crippen LogP contribution in [0.3, 0.4) is 0 Å². The zero-order valence-corrected chi connectivity index (χ0v) is 35.3. The molecule has 0 bridgehead atoms. The lowest BCUT2D eigenvalue weighted by molar-refractivity contribution is -0.240. The Balaban J connectivity index is 0.000000176. The molecule has 1 aromatic carbocycles. The number of morpholine rings is 1. The van der Waals surface area contributed by atoms with E-state index >= 15 is 0 Å². The Bertz CT molecular complexity index is 2620. The number of nitrogens with one attached hydrogen (secondary N) is 2. The molecule has 1 saturated carbocycles. The highest BCUT2D eigenvalue weighted by Crippen LogP contribution is 2.37. The Morgan fingerprint density at radius 2 is 1.75 bits per heavy atom. The number of rotatable bonds is 8. The number of amides is 3. The molecule has 2 N–H and O–H groups in total. The molecule has 2 atom stereocenters. The van der Waals surface area contributed by atoms with Gasteiger partial charge in [0.2, 0.25) is 11.8 Å². The first-order valence-corrected chi connectivity index (χ1v) is 21.0. The summed E-state index contributed by atoms with van der Waals surface area (Å²) >= 11 is 0. The van der Waals surface area contributed by atoms with E-state index in [0.717, 1.165) is 32.1 Å². The van der Waals surface area contributed by atoms with Gasteiger partial charge in [0.15, 0.2) is 11.3 Å². The van der Waals surface area contributed by atoms with E-state index in [-0.39, 0.29) is 67.1 Å². The van der Waals surface area contributed by atoms with Gasteiger partial charge in [-0.1, -0.05) is 25.3 Å². The zero-order valence-electron chi connectivity index (χ0n) is 35.3. The summed E-state index contributed by atoms with van der Waals surface area (Å²) in [4.78, 5) is 58.7. The smallest absolute Gasteiger partial charge is 0.364 e. The molecule has 3 amide bonds. The molecule has 9 rings (SSSR count). The largest absolute Gasteiger partial charge is 0.373 e. The van der Waals surface area contributed by atoms with Gasteiger partial charge < -0.3 is 24.8 Å². The lowest BCUT2D eigenvalue weighted by atomic mass is 9.96. The van der Waals surface area contributed by atoms with E-state index < -0.39 is 66.8 Å². The molecular weight excluding hydrogens is 855 g/mol. The summed E-state index contributed by atoms with van der Waals surface area (Å²) in [5.41, 5.74) is 0.680. The van der Waals surface area contributed by atoms with Crippen LogP contribution in [-0.4, -0.2) is 121 Å². The molecule has 0 radical (unpaired) electrons. The van der Waals surface area contributed by atoms with Crippen LogP contribution < -0.4 is 26.1 Å². The quantitative estimate of drug-likeness (QED) is 0.156. The highest BCUT2D eigenvalue weighted by Gasteiger charge is 2.46. The number of nitrogens with zero attached hydrogens (tertiary/aromatic N) is 10. The number of fused-ring (bicyclic) bond motifs is 2. The van der Waals surface area contributed by atoms with Crippen molar-refractivity contribution in [2.24, 2.45) is 7.05 Å². The molecule has 64 heavy (non-hydrogen) atoms. The first kappa shape index (κ1) is 44.6. The van der Waals surface area contributed by atoms with Crippen LogP contribution in [0.15, 0.2) is 47.7 Å². The van der Waals surface area contributed by atoms with Crippen LogP contribution in [0.1, 0.15) is 85.9 Å². The average Bonchev–Trinajstić information content (AvgIpc) is 3.94. The van der Waals surface area contributed by atoms with E-state index in [9.17, 15) is 45.5 Å². The minimum absolute atomic E-state index is 0.0183. The molecule has 3 saturated heterocycles. The van der Waals surface area contributed by atoms with Crippen LogP contribution in [0.5, 0.6) is 0 Å². The molecule has 7 heterocycles. The molecule has 4 aromatic heterocycles. The SMILES string of the molecule is CN(C)C1CCN(c2cccc3c2n(C)c(=O)n3C2CCC(=O)NC2=O)CC1(F)F.O=C(Nc1cn(C2CCCCC2)nc1C(F)F)c1cnn2ccc(N3CCOC(F)(F)C3)nc12. The van der Waals surface area contributed by atoms with Crippen LogP contribution >= 0.6 is 0 Å². The Morgan fingerprint density at radius 3 is 2.44 bits per heavy atom. The Labute approximate surface area is 361 Å². The Morgan fingerprint density at radius 1 is 0.984 bits per heavy atom. The van der Waals surface area contributed by atoms with Crippen LogP contribution in [0.2, 0.25) is 0 Å². The zero-order chi connectivity index (χ0) is 45.7. The molecule has 0 spiro atoms. The number of alkyl halides is 6. The van der Waals surface area contributed by atoms with Crippen LogP contribution in [-0.2, 0) is 21.4 Å². The number of carbonyl (C=O) groups excluding carboxylic acids is 3. The molecule has 5 aromatic rings. The minimum atomic E-state index is -3.31. The first-order chi connectivity index (χ1) is 30.4. The molecule has 4 aliphatic rings. The van der Waals surface area contributed by atoms with Crippen molar-refractivity contribution in [1.82, 2.24) is 43.7 Å². The fourth-order valence-electron chi connectivity index (χ4n) is 9.10. The monoisotopic (exact) mass is 902 g/mol. The van der Waals surface area contributed by atoms with Crippen molar-refractivity contribution < 1.29 is 45.5 Å². The van der Waals surface area contributed by atoms with E-state index in [0.29, 0.717) is 23.3 Å². The number of hydrogen-bond acceptors (Lipinski definition) is 11. The van der Waals surface area contributed by atoms with Gasteiger partial charge in [0.25, 0.3) is 18.3 Å². The topological polar surface area (TPSA) is 169 Å². The van der Waals surface area contributed by atoms with Gasteiger partial charge in [-0.2, -0.15) is 19.0 Å². The fraction of sp³-hybridized carbons (Fsp3) is 0.537. The lowest BCUT2D eigenvalue weighted by Crippen LogP contribution is -2.56. The second-order valence-corrected chi connectivity index (χ2v) is 16.7. The van der Waals surface area contributed by atoms with Gasteiger partial charge >= 0.3 is 11.8 Å². The van der Waals surface area contributed by atoms with Gasteiger partial charge in [0, 0.05) is 39.0 Å². The van der Waals surface area contributed by atoms with Gasteiger partial charge in [0.05, 0.1) is 53.8 Å². The highest BCUT2D eigenvalue weighted by molar-refractivity contribution is 6.08. The molecule has 4 fully saturated rings. The molecule has 344 valence electrons. The van der Waals surface area contributed by atoms with Crippen LogP contribution in [0, 0.1) is 0 Å². The van der Waals surface area contributed by atoms with Crippen molar-refractivity contribution in [2.75, 3.05) is 62.0 Å². The number of anilines is 3. The molecule has 23 heteroatoms. The molecular formula is C41H48F6N12O5. The molecule has 3 aliphatic heterocycles. The number of benzene rings is 1. The predicted molar refractivity (Wildman–Crippen MR) is 221 cm³/mol. The maximum Gasteiger partial charge on any atom is 0.373 e. The number of aryl methyl sites for hydroxylation is 1. The Kier molecular flexibility index (Phi) is 12.2. The fourth-order valence-corrected chi connectivity index (χ4v) is 9.10. The second-order valence-electron chi connectivity index (χ2n) is 16.7. The number of hydrogen-bond donors (Lipinski definition) is 2. The van der Waals surface area contributed by atoms with Crippen molar-refractivity contribution in [3.63, 3.8) is 0 Å². The summed E-state index contributed by atoms with van der Waals surface area (Å²) in [6.07, 6.45) is 3.47. The standard InChI is InChI=1S/C21H23F4N7O2.C20H25F2N5O3/c22-18(23)17-15(11-32(29-17)13-4-2-1-3-5-13)27-20(33)14-10-26-31-7-6-16(28-19(14)31)30-8-9-34-21(24,25)12-30;1-24(2)15-9-10-26(11-20(15,21)22)12-5-4-6-13-17(12)25(3)19(30)27(13)14-7-8-16(28)23-18(14)29/h6-7,10-11,13,18H,1-5,8-9,12H2,(H,27,33);4-6,14-15H,7-11H2,1-3H3,(H,23,28,29). The van der Waals surface area contributed by atoms with E-state index in [2.05, 4.69) is 30.6 Å². The minimum Gasteiger partial charge on any atom is -0.364 e. The number of imidazole rings is 1. The molecule has 1 aliphatic carbocycles. The summed E-state index contributed by atoms with van der Waals surface area (Å²) in [6.45, 7) is -0.674. The summed E-state index contributed by atoms with van der Waals surface area (Å²) in [7, 11) is 4.87. The maximum absolute atomic E-state index is 14.8. The summed E-state index contributed by atoms with van der Waals surface area (Å²) < 4.78 is 94.2. The van der Waals surface area contributed by atoms with E-state index in [1.165, 1.54) is 47.9 Å². The number of para-hydroxylation sites is 1. The van der Waals surface area contributed by atoms with Crippen LogP contribution in [0.4, 0.5) is 43.5 Å². The normalized spacial score (nSPS) is 21.7. The van der Waals surface area contributed by atoms with Crippen LogP contribution in [0.25, 0.3) is 16.7 Å². The third kappa shape index (κ3) is 8.78. The van der Waals surface area contributed by atoms with Crippen molar-refractivity contribution in [3.05, 3.63) is 64.6 Å². The molecule has 17 nitrogen and oxygen atoms in total. The highest BCUT2D eigenvalue weighted by atomic mass is 19.3. The van der Waals surface area contributed by atoms with E-state index in [4.69, 9.17) is 0 Å². The van der Waals surface area contributed by atoms with Crippen molar-refractivity contribution >= 4 is 51.6 Å². The second kappa shape index (κ2) is 17.5. The Hall–Kier alpha value is -5.97. The van der Waals surface area contributed by atoms with Crippen molar-refractivity contribution in [3.8, 4) is 0 Å². The van der Waals surface area contributed by atoms with E-state index in [1.54, 1.807) is 49.1 Å². The predicted octanol–water partition coefficient (Wildman–Crippen LogP) is 5.14. The summed E-state index contributed by atoms with van der Waals surface area (Å²) in [5, 5.41) is 12.9. The number of piperidine rings is 2. The number of aromatic nitrogens is 7. The maximum atomic E-state index is 14.8. The van der Waals surface area contributed by atoms with Gasteiger partial charge in [-0.05, 0) is 58.0 Å². The summed E-state index contributed by atoms with van der Waals surface area (Å²) in [5.74, 6) is -4.27. The van der Waals surface area contributed by atoms with Gasteiger partial charge in [-0.3, -0.25) is 33.5 Å². The first-order valence-electron chi connectivity index (χ1n) is 21.0. The van der Waals surface area contributed by atoms with Crippen molar-refractivity contribution in [2.45, 2.75) is 87.9 Å². The van der Waals surface area contributed by atoms with E-state index in [1.807, 2.05) is 0 Å². The van der Waals surface area contributed by atoms with Gasteiger partial charge in [-0.15, -0.1) is 0 Å². The number of imide groups is 1. The lowest BCUT2D eigenvalue weighted by Gasteiger charge is -2.42. The third-order valence-electron chi connectivity index (χ3n) is 12.3. The van der Waals surface area contributed by atoms with Gasteiger partial charge in [-0.25, -0.2) is 31.9 Å². The molecule has 2 unspecified atom stereocenters. The van der Waals surface area contributed by atoms with Crippen molar-refractivity contribution in [1.29, 1.82) is 0 Å².